The van der Waals surface area contributed by atoms with Crippen molar-refractivity contribution >= 4 is 40.9 Å². The first-order chi connectivity index (χ1) is 12.6. The van der Waals surface area contributed by atoms with Crippen LogP contribution in [0.25, 0.3) is 0 Å². The lowest BCUT2D eigenvalue weighted by Gasteiger charge is -2.30. The fourth-order valence-corrected chi connectivity index (χ4v) is 3.99. The van der Waals surface area contributed by atoms with Crippen LogP contribution in [-0.2, 0) is 0 Å². The van der Waals surface area contributed by atoms with E-state index in [1.165, 1.54) is 37.3 Å². The van der Waals surface area contributed by atoms with E-state index in [1.54, 1.807) is 19.2 Å². The predicted molar refractivity (Wildman–Crippen MR) is 107 cm³/mol. The van der Waals surface area contributed by atoms with Crippen molar-refractivity contribution in [3.63, 3.8) is 0 Å². The van der Waals surface area contributed by atoms with Gasteiger partial charge in [-0.15, -0.1) is 0 Å². The zero-order chi connectivity index (χ0) is 18.5. The topological polar surface area (TPSA) is 61.8 Å². The third-order valence-corrected chi connectivity index (χ3v) is 5.43. The summed E-state index contributed by atoms with van der Waals surface area (Å²) in [4.78, 5) is 14.3. The molecule has 0 saturated carbocycles. The van der Waals surface area contributed by atoms with E-state index in [9.17, 15) is 9.90 Å². The van der Waals surface area contributed by atoms with Gasteiger partial charge in [-0.3, -0.25) is 0 Å². The molecule has 1 aliphatic heterocycles. The van der Waals surface area contributed by atoms with Gasteiger partial charge in [0.25, 0.3) is 0 Å². The van der Waals surface area contributed by atoms with E-state index in [0.29, 0.717) is 15.7 Å². The van der Waals surface area contributed by atoms with Crippen molar-refractivity contribution < 1.29 is 14.6 Å². The number of halogens is 1. The number of piperidine rings is 1. The number of rotatable bonds is 6. The number of hydrogen-bond acceptors (Lipinski definition) is 5. The summed E-state index contributed by atoms with van der Waals surface area (Å²) in [7, 11) is 1.57. The van der Waals surface area contributed by atoms with Crippen LogP contribution in [0, 0.1) is 0 Å². The molecule has 0 aliphatic carbocycles. The van der Waals surface area contributed by atoms with Gasteiger partial charge < -0.3 is 19.5 Å². The molecule has 0 aromatic heterocycles. The summed E-state index contributed by atoms with van der Waals surface area (Å²) >= 11 is 7.51. The van der Waals surface area contributed by atoms with E-state index in [-0.39, 0.29) is 5.56 Å². The van der Waals surface area contributed by atoms with E-state index in [0.717, 1.165) is 24.5 Å². The van der Waals surface area contributed by atoms with Crippen molar-refractivity contribution in [1.82, 2.24) is 0 Å². The lowest BCUT2D eigenvalue weighted by molar-refractivity contribution is 0.0696. The van der Waals surface area contributed by atoms with Gasteiger partial charge in [-0.1, -0.05) is 11.6 Å². The van der Waals surface area contributed by atoms with Crippen LogP contribution >= 0.6 is 23.5 Å². The Balaban J connectivity index is 1.84. The van der Waals surface area contributed by atoms with Crippen LogP contribution in [0.1, 0.15) is 29.6 Å². The number of carboxylic acid groups (broad SMARTS) is 1. The largest absolute Gasteiger partial charge is 0.496 e. The summed E-state index contributed by atoms with van der Waals surface area (Å²) in [5.74, 6) is -0.347. The van der Waals surface area contributed by atoms with Gasteiger partial charge in [0.15, 0.2) is 0 Å². The van der Waals surface area contributed by atoms with Crippen LogP contribution < -0.4 is 14.4 Å². The monoisotopic (exact) mass is 392 g/mol. The van der Waals surface area contributed by atoms with E-state index < -0.39 is 5.97 Å². The maximum Gasteiger partial charge on any atom is 0.335 e. The van der Waals surface area contributed by atoms with Crippen molar-refractivity contribution in [3.8, 4) is 5.75 Å². The number of hydrogen-bond donors (Lipinski definition) is 2. The molecule has 7 heteroatoms. The van der Waals surface area contributed by atoms with E-state index in [4.69, 9.17) is 16.3 Å². The molecule has 5 nitrogen and oxygen atoms in total. The Hall–Kier alpha value is -2.05. The van der Waals surface area contributed by atoms with Crippen LogP contribution in [-0.4, -0.2) is 31.3 Å². The summed E-state index contributed by atoms with van der Waals surface area (Å²) in [6.45, 7) is 2.05. The number of nitrogens with one attached hydrogen (secondary N) is 1. The minimum Gasteiger partial charge on any atom is -0.496 e. The van der Waals surface area contributed by atoms with Crippen LogP contribution in [0.4, 0.5) is 11.4 Å². The lowest BCUT2D eigenvalue weighted by atomic mass is 10.1. The molecular weight excluding hydrogens is 372 g/mol. The Morgan fingerprint density at radius 2 is 1.96 bits per heavy atom. The number of carboxylic acids is 1. The average Bonchev–Trinajstić information content (AvgIpc) is 2.66. The number of ether oxygens (including phenoxy) is 1. The second-order valence-electron chi connectivity index (χ2n) is 6.08. The second kappa shape index (κ2) is 8.56. The first-order valence-corrected chi connectivity index (χ1v) is 9.66. The summed E-state index contributed by atoms with van der Waals surface area (Å²) in [5.41, 5.74) is 2.24. The molecule has 0 amide bonds. The number of methoxy groups -OCH3 is 1. The summed E-state index contributed by atoms with van der Waals surface area (Å²) in [6, 6.07) is 10.6. The van der Waals surface area contributed by atoms with Crippen LogP contribution in [0.15, 0.2) is 41.3 Å². The van der Waals surface area contributed by atoms with Gasteiger partial charge in [0.2, 0.25) is 0 Å². The Kier molecular flexibility index (Phi) is 6.16. The van der Waals surface area contributed by atoms with Gasteiger partial charge in [0.1, 0.15) is 5.75 Å². The van der Waals surface area contributed by atoms with Gasteiger partial charge in [0.05, 0.1) is 28.9 Å². The summed E-state index contributed by atoms with van der Waals surface area (Å²) in [6.07, 6.45) is 3.63. The Bertz CT molecular complexity index is 794. The van der Waals surface area contributed by atoms with Crippen molar-refractivity contribution in [2.24, 2.45) is 0 Å². The second-order valence-corrected chi connectivity index (χ2v) is 7.37. The number of anilines is 2. The molecule has 3 rings (SSSR count). The summed E-state index contributed by atoms with van der Waals surface area (Å²) < 4.78 is 8.67. The molecule has 2 N–H and O–H groups in total. The zero-order valence-electron chi connectivity index (χ0n) is 14.5. The van der Waals surface area contributed by atoms with Crippen LogP contribution in [0.2, 0.25) is 5.02 Å². The maximum absolute atomic E-state index is 11.2. The SMILES string of the molecule is COc1ccc(C(=O)O)cc1SNc1cc(Cl)ccc1N1CCCCC1. The quantitative estimate of drug-likeness (QED) is 0.662. The molecule has 0 bridgehead atoms. The molecule has 0 unspecified atom stereocenters. The third kappa shape index (κ3) is 4.37. The molecular formula is C19H21ClN2O3S. The molecule has 0 radical (unpaired) electrons. The number of carbonyl (C=O) groups is 1. The van der Waals surface area contributed by atoms with Crippen molar-refractivity contribution in [1.29, 1.82) is 0 Å². The molecule has 0 atom stereocenters. The maximum atomic E-state index is 11.2. The highest BCUT2D eigenvalue weighted by atomic mass is 35.5. The molecule has 1 aliphatic rings. The Morgan fingerprint density at radius 3 is 2.65 bits per heavy atom. The smallest absolute Gasteiger partial charge is 0.335 e. The van der Waals surface area contributed by atoms with Crippen LogP contribution in [0.3, 0.4) is 0 Å². The lowest BCUT2D eigenvalue weighted by Crippen LogP contribution is -2.29. The molecule has 0 spiro atoms. The zero-order valence-corrected chi connectivity index (χ0v) is 16.1. The first-order valence-electron chi connectivity index (χ1n) is 8.47. The fourth-order valence-electron chi connectivity index (χ4n) is 3.00. The van der Waals surface area contributed by atoms with Crippen molar-refractivity contribution in [2.45, 2.75) is 24.2 Å². The first kappa shape index (κ1) is 18.7. The Labute approximate surface area is 162 Å². The molecule has 138 valence electrons. The van der Waals surface area contributed by atoms with Gasteiger partial charge in [-0.25, -0.2) is 4.79 Å². The number of nitrogens with zero attached hydrogens (tertiary/aromatic N) is 1. The molecule has 1 heterocycles. The normalized spacial score (nSPS) is 14.2. The molecule has 2 aromatic rings. The number of benzene rings is 2. The van der Waals surface area contributed by atoms with Crippen molar-refractivity contribution in [2.75, 3.05) is 29.8 Å². The highest BCUT2D eigenvalue weighted by Gasteiger charge is 2.16. The minimum absolute atomic E-state index is 0.220. The van der Waals surface area contributed by atoms with Gasteiger partial charge in [-0.05, 0) is 67.6 Å². The van der Waals surface area contributed by atoms with Crippen LogP contribution in [0.5, 0.6) is 5.75 Å². The molecule has 2 aromatic carbocycles. The average molecular weight is 393 g/mol. The molecule has 1 saturated heterocycles. The summed E-state index contributed by atoms with van der Waals surface area (Å²) in [5, 5.41) is 9.87. The molecule has 26 heavy (non-hydrogen) atoms. The van der Waals surface area contributed by atoms with E-state index in [2.05, 4.69) is 9.62 Å². The van der Waals surface area contributed by atoms with Gasteiger partial charge in [-0.2, -0.15) is 0 Å². The fraction of sp³-hybridized carbons (Fsp3) is 0.316. The van der Waals surface area contributed by atoms with E-state index >= 15 is 0 Å². The van der Waals surface area contributed by atoms with E-state index in [1.807, 2.05) is 18.2 Å². The minimum atomic E-state index is -0.966. The van der Waals surface area contributed by atoms with Gasteiger partial charge in [0, 0.05) is 18.1 Å². The van der Waals surface area contributed by atoms with Crippen molar-refractivity contribution in [3.05, 3.63) is 47.0 Å². The third-order valence-electron chi connectivity index (χ3n) is 4.34. The predicted octanol–water partition coefficient (Wildman–Crippen LogP) is 5.16. The Morgan fingerprint density at radius 1 is 1.19 bits per heavy atom. The highest BCUT2D eigenvalue weighted by molar-refractivity contribution is 8.00. The number of aromatic carboxylic acids is 1. The standard InChI is InChI=1S/C19H21ClN2O3S/c1-25-17-8-5-13(19(23)24)11-18(17)26-21-15-12-14(20)6-7-16(15)22-9-3-2-4-10-22/h5-8,11-12,21H,2-4,9-10H2,1H3,(H,23,24). The highest BCUT2D eigenvalue weighted by Crippen LogP contribution is 2.36. The molecule has 1 fully saturated rings. The van der Waals surface area contributed by atoms with Gasteiger partial charge >= 0.3 is 5.97 Å².